The Morgan fingerprint density at radius 2 is 1.71 bits per heavy atom. The highest BCUT2D eigenvalue weighted by atomic mass is 79.9. The second kappa shape index (κ2) is 6.79. The maximum atomic E-state index is 3.71. The molecule has 0 spiro atoms. The normalized spacial score (nSPS) is 15.0. The predicted octanol–water partition coefficient (Wildman–Crippen LogP) is 5.28. The Hall–Kier alpha value is -1.08. The molecule has 0 fully saturated rings. The van der Waals surface area contributed by atoms with Crippen LogP contribution in [-0.4, -0.2) is 5.33 Å². The number of hydrogen-bond donors (Lipinski definition) is 0. The molecule has 0 saturated carbocycles. The average Bonchev–Trinajstić information content (AvgIpc) is 2.94. The quantitative estimate of drug-likeness (QED) is 0.648. The molecule has 0 aliphatic heterocycles. The molecule has 1 atom stereocenters. The summed E-state index contributed by atoms with van der Waals surface area (Å²) in [6, 6.07) is 16.1. The van der Waals surface area contributed by atoms with E-state index in [1.807, 2.05) is 0 Å². The van der Waals surface area contributed by atoms with Crippen LogP contribution in [0.15, 0.2) is 42.5 Å². The van der Waals surface area contributed by atoms with Gasteiger partial charge in [0.15, 0.2) is 0 Å². The van der Waals surface area contributed by atoms with Crippen molar-refractivity contribution in [3.8, 4) is 0 Å². The van der Waals surface area contributed by atoms with Gasteiger partial charge in [0.2, 0.25) is 0 Å². The number of halogens is 1. The first-order valence-electron chi connectivity index (χ1n) is 7.97. The molecule has 1 heteroatoms. The number of rotatable bonds is 5. The van der Waals surface area contributed by atoms with Crippen LogP contribution in [0.25, 0.3) is 0 Å². The van der Waals surface area contributed by atoms with Crippen molar-refractivity contribution in [3.05, 3.63) is 70.3 Å². The summed E-state index contributed by atoms with van der Waals surface area (Å²) in [7, 11) is 0. The number of benzene rings is 2. The van der Waals surface area contributed by atoms with Crippen LogP contribution in [-0.2, 0) is 25.7 Å². The highest BCUT2D eigenvalue weighted by molar-refractivity contribution is 9.09. The maximum absolute atomic E-state index is 3.71. The van der Waals surface area contributed by atoms with E-state index >= 15 is 0 Å². The molecule has 110 valence electrons. The van der Waals surface area contributed by atoms with Gasteiger partial charge in [-0.15, -0.1) is 0 Å². The number of aryl methyl sites for hydroxylation is 3. The van der Waals surface area contributed by atoms with Gasteiger partial charge in [-0.1, -0.05) is 64.0 Å². The minimum atomic E-state index is 0.672. The third-order valence-electron chi connectivity index (χ3n) is 4.51. The summed E-state index contributed by atoms with van der Waals surface area (Å²) in [6.07, 6.45) is 6.22. The smallest absolute Gasteiger partial charge is 0.00660 e. The largest absolute Gasteiger partial charge is 0.0925 e. The summed E-state index contributed by atoms with van der Waals surface area (Å²) < 4.78 is 0. The van der Waals surface area contributed by atoms with Crippen LogP contribution in [0.3, 0.4) is 0 Å². The Labute approximate surface area is 136 Å². The van der Waals surface area contributed by atoms with Gasteiger partial charge in [-0.05, 0) is 67.2 Å². The zero-order valence-corrected chi connectivity index (χ0v) is 14.3. The fraction of sp³-hybridized carbons (Fsp3) is 0.400. The zero-order valence-electron chi connectivity index (χ0n) is 12.7. The molecule has 21 heavy (non-hydrogen) atoms. The molecule has 0 amide bonds. The first-order valence-corrected chi connectivity index (χ1v) is 9.09. The Balaban J connectivity index is 1.69. The van der Waals surface area contributed by atoms with E-state index in [1.165, 1.54) is 42.4 Å². The first kappa shape index (κ1) is 14.8. The number of alkyl halides is 1. The van der Waals surface area contributed by atoms with Crippen molar-refractivity contribution in [2.24, 2.45) is 5.92 Å². The standard InChI is InChI=1S/C20H23Br/c1-15-4-2-5-16(10-15)11-18(14-21)12-17-8-9-19-6-3-7-20(19)13-17/h2,4-5,8-10,13,18H,3,6-7,11-12,14H2,1H3. The lowest BCUT2D eigenvalue weighted by atomic mass is 9.92. The van der Waals surface area contributed by atoms with Crippen LogP contribution in [0.1, 0.15) is 34.2 Å². The number of hydrogen-bond acceptors (Lipinski definition) is 0. The minimum absolute atomic E-state index is 0.672. The second-order valence-corrected chi connectivity index (χ2v) is 7.02. The van der Waals surface area contributed by atoms with Crippen LogP contribution >= 0.6 is 15.9 Å². The molecule has 2 aromatic rings. The topological polar surface area (TPSA) is 0 Å². The van der Waals surface area contributed by atoms with Gasteiger partial charge in [-0.3, -0.25) is 0 Å². The van der Waals surface area contributed by atoms with Crippen molar-refractivity contribution in [1.82, 2.24) is 0 Å². The van der Waals surface area contributed by atoms with Crippen LogP contribution < -0.4 is 0 Å². The van der Waals surface area contributed by atoms with Crippen LogP contribution in [0.2, 0.25) is 0 Å². The molecule has 0 aromatic heterocycles. The Morgan fingerprint density at radius 3 is 2.48 bits per heavy atom. The van der Waals surface area contributed by atoms with Crippen molar-refractivity contribution >= 4 is 15.9 Å². The molecule has 1 aliphatic carbocycles. The van der Waals surface area contributed by atoms with Gasteiger partial charge in [0, 0.05) is 5.33 Å². The Bertz CT molecular complexity index is 615. The molecule has 1 aliphatic rings. The van der Waals surface area contributed by atoms with Crippen LogP contribution in [0.5, 0.6) is 0 Å². The molecule has 0 heterocycles. The van der Waals surface area contributed by atoms with Crippen molar-refractivity contribution in [1.29, 1.82) is 0 Å². The molecule has 0 saturated heterocycles. The fourth-order valence-corrected chi connectivity index (χ4v) is 3.90. The molecule has 0 N–H and O–H groups in total. The molecule has 0 bridgehead atoms. The van der Waals surface area contributed by atoms with E-state index in [2.05, 4.69) is 65.3 Å². The van der Waals surface area contributed by atoms with E-state index in [0.29, 0.717) is 5.92 Å². The molecule has 2 aromatic carbocycles. The van der Waals surface area contributed by atoms with E-state index < -0.39 is 0 Å². The summed E-state index contributed by atoms with van der Waals surface area (Å²) in [5.41, 5.74) is 7.50. The Morgan fingerprint density at radius 1 is 0.952 bits per heavy atom. The second-order valence-electron chi connectivity index (χ2n) is 6.37. The van der Waals surface area contributed by atoms with Crippen molar-refractivity contribution in [2.75, 3.05) is 5.33 Å². The molecule has 0 radical (unpaired) electrons. The van der Waals surface area contributed by atoms with E-state index in [4.69, 9.17) is 0 Å². The average molecular weight is 343 g/mol. The summed E-state index contributed by atoms with van der Waals surface area (Å²) in [4.78, 5) is 0. The SMILES string of the molecule is Cc1cccc(CC(CBr)Cc2ccc3c(c2)CCC3)c1. The predicted molar refractivity (Wildman–Crippen MR) is 94.3 cm³/mol. The van der Waals surface area contributed by atoms with E-state index in [1.54, 1.807) is 11.1 Å². The molecule has 0 nitrogen and oxygen atoms in total. The van der Waals surface area contributed by atoms with Gasteiger partial charge in [-0.25, -0.2) is 0 Å². The molecule has 3 rings (SSSR count). The highest BCUT2D eigenvalue weighted by Crippen LogP contribution is 2.25. The van der Waals surface area contributed by atoms with Crippen molar-refractivity contribution in [2.45, 2.75) is 39.0 Å². The summed E-state index contributed by atoms with van der Waals surface area (Å²) >= 11 is 3.71. The first-order chi connectivity index (χ1) is 10.2. The highest BCUT2D eigenvalue weighted by Gasteiger charge is 2.14. The van der Waals surface area contributed by atoms with Crippen LogP contribution in [0, 0.1) is 12.8 Å². The fourth-order valence-electron chi connectivity index (χ4n) is 3.44. The van der Waals surface area contributed by atoms with Gasteiger partial charge in [0.25, 0.3) is 0 Å². The lowest BCUT2D eigenvalue weighted by Crippen LogP contribution is -2.10. The molecular weight excluding hydrogens is 320 g/mol. The molecular formula is C20H23Br. The van der Waals surface area contributed by atoms with Gasteiger partial charge >= 0.3 is 0 Å². The van der Waals surface area contributed by atoms with Gasteiger partial charge in [0.05, 0.1) is 0 Å². The third-order valence-corrected chi connectivity index (χ3v) is 5.43. The summed E-state index contributed by atoms with van der Waals surface area (Å²) in [5.74, 6) is 0.672. The minimum Gasteiger partial charge on any atom is -0.0925 e. The third kappa shape index (κ3) is 3.77. The van der Waals surface area contributed by atoms with Crippen LogP contribution in [0.4, 0.5) is 0 Å². The molecule has 1 unspecified atom stereocenters. The lowest BCUT2D eigenvalue weighted by molar-refractivity contribution is 0.591. The lowest BCUT2D eigenvalue weighted by Gasteiger charge is -2.15. The maximum Gasteiger partial charge on any atom is 0.00660 e. The summed E-state index contributed by atoms with van der Waals surface area (Å²) in [5, 5.41) is 1.07. The van der Waals surface area contributed by atoms with Crippen molar-refractivity contribution < 1.29 is 0 Å². The van der Waals surface area contributed by atoms with E-state index in [0.717, 1.165) is 11.8 Å². The van der Waals surface area contributed by atoms with Gasteiger partial charge < -0.3 is 0 Å². The van der Waals surface area contributed by atoms with Gasteiger partial charge in [-0.2, -0.15) is 0 Å². The number of fused-ring (bicyclic) bond motifs is 1. The van der Waals surface area contributed by atoms with Crippen molar-refractivity contribution in [3.63, 3.8) is 0 Å². The van der Waals surface area contributed by atoms with Gasteiger partial charge in [0.1, 0.15) is 0 Å². The van der Waals surface area contributed by atoms with E-state index in [-0.39, 0.29) is 0 Å². The summed E-state index contributed by atoms with van der Waals surface area (Å²) in [6.45, 7) is 2.17. The zero-order chi connectivity index (χ0) is 14.7. The van der Waals surface area contributed by atoms with E-state index in [9.17, 15) is 0 Å². The monoisotopic (exact) mass is 342 g/mol. The Kier molecular flexibility index (Phi) is 4.80.